The van der Waals surface area contributed by atoms with Crippen LogP contribution in [0.25, 0.3) is 0 Å². The van der Waals surface area contributed by atoms with Gasteiger partial charge in [-0.05, 0) is 31.0 Å². The highest BCUT2D eigenvalue weighted by atomic mass is 16.2. The van der Waals surface area contributed by atoms with Gasteiger partial charge < -0.3 is 10.2 Å². The largest absolute Gasteiger partial charge is 0.362 e. The molecule has 25 heavy (non-hydrogen) atoms. The van der Waals surface area contributed by atoms with Crippen molar-refractivity contribution in [2.24, 2.45) is 0 Å². The second-order valence-corrected chi connectivity index (χ2v) is 6.71. The van der Waals surface area contributed by atoms with E-state index in [1.165, 1.54) is 5.56 Å². The van der Waals surface area contributed by atoms with Crippen molar-refractivity contribution in [3.05, 3.63) is 59.8 Å². The molecule has 0 bridgehead atoms. The van der Waals surface area contributed by atoms with Crippen LogP contribution in [0.3, 0.4) is 0 Å². The number of amides is 1. The lowest BCUT2D eigenvalue weighted by Gasteiger charge is -2.24. The third-order valence-corrected chi connectivity index (χ3v) is 4.64. The summed E-state index contributed by atoms with van der Waals surface area (Å²) < 4.78 is 0. The van der Waals surface area contributed by atoms with Gasteiger partial charge in [0, 0.05) is 38.9 Å². The van der Waals surface area contributed by atoms with E-state index in [-0.39, 0.29) is 11.9 Å². The van der Waals surface area contributed by atoms with Crippen LogP contribution in [0, 0.1) is 0 Å². The molecule has 1 aromatic heterocycles. The van der Waals surface area contributed by atoms with Gasteiger partial charge in [-0.2, -0.15) is 0 Å². The minimum absolute atomic E-state index is 0.0420. The maximum absolute atomic E-state index is 12.7. The van der Waals surface area contributed by atoms with Gasteiger partial charge in [-0.1, -0.05) is 36.4 Å². The molecule has 1 aliphatic heterocycles. The number of aromatic nitrogens is 1. The Morgan fingerprint density at radius 2 is 2.04 bits per heavy atom. The van der Waals surface area contributed by atoms with Crippen LogP contribution >= 0.6 is 0 Å². The fourth-order valence-corrected chi connectivity index (χ4v) is 3.40. The summed E-state index contributed by atoms with van der Waals surface area (Å²) >= 11 is 0. The summed E-state index contributed by atoms with van der Waals surface area (Å²) in [6, 6.07) is 14.2. The first-order valence-corrected chi connectivity index (χ1v) is 8.82. The standard InChI is InChI=1S/C20H26N4O/c1-23(2)19-17(10-6-12-21-19)14-22-20(25)18-11-7-13-24(18)15-16-8-4-3-5-9-16/h3-6,8-10,12,18H,7,11,13-15H2,1-2H3,(H,22,25)/t18-/m0/s1. The van der Waals surface area contributed by atoms with Gasteiger partial charge in [-0.3, -0.25) is 9.69 Å². The number of rotatable bonds is 6. The Hall–Kier alpha value is -2.40. The van der Waals surface area contributed by atoms with E-state index in [4.69, 9.17) is 0 Å². The van der Waals surface area contributed by atoms with Gasteiger partial charge in [0.25, 0.3) is 0 Å². The maximum atomic E-state index is 12.7. The van der Waals surface area contributed by atoms with Crippen molar-refractivity contribution in [3.63, 3.8) is 0 Å². The summed E-state index contributed by atoms with van der Waals surface area (Å²) in [6.45, 7) is 2.31. The maximum Gasteiger partial charge on any atom is 0.237 e. The first kappa shape index (κ1) is 17.4. The summed E-state index contributed by atoms with van der Waals surface area (Å²) in [7, 11) is 3.93. The molecule has 5 heteroatoms. The zero-order chi connectivity index (χ0) is 17.6. The molecule has 0 unspecified atom stereocenters. The number of nitrogens with zero attached hydrogens (tertiary/aromatic N) is 3. The minimum Gasteiger partial charge on any atom is -0.362 e. The third-order valence-electron chi connectivity index (χ3n) is 4.64. The minimum atomic E-state index is -0.0420. The highest BCUT2D eigenvalue weighted by Crippen LogP contribution is 2.21. The number of hydrogen-bond acceptors (Lipinski definition) is 4. The first-order valence-electron chi connectivity index (χ1n) is 8.82. The van der Waals surface area contributed by atoms with Crippen LogP contribution in [0.5, 0.6) is 0 Å². The van der Waals surface area contributed by atoms with Gasteiger partial charge in [-0.25, -0.2) is 4.98 Å². The van der Waals surface area contributed by atoms with E-state index in [9.17, 15) is 4.79 Å². The molecule has 0 radical (unpaired) electrons. The normalized spacial score (nSPS) is 17.4. The SMILES string of the molecule is CN(C)c1ncccc1CNC(=O)[C@@H]1CCCN1Cc1ccccc1. The molecule has 1 N–H and O–H groups in total. The Kier molecular flexibility index (Phi) is 5.66. The molecule has 1 amide bonds. The Morgan fingerprint density at radius 1 is 1.24 bits per heavy atom. The second-order valence-electron chi connectivity index (χ2n) is 6.71. The lowest BCUT2D eigenvalue weighted by Crippen LogP contribution is -2.42. The Balaban J connectivity index is 1.61. The van der Waals surface area contributed by atoms with E-state index >= 15 is 0 Å². The fraction of sp³-hybridized carbons (Fsp3) is 0.400. The molecule has 1 saturated heterocycles. The summed E-state index contributed by atoms with van der Waals surface area (Å²) in [5, 5.41) is 3.10. The van der Waals surface area contributed by atoms with E-state index in [1.54, 1.807) is 6.20 Å². The Morgan fingerprint density at radius 3 is 2.80 bits per heavy atom. The molecule has 0 aliphatic carbocycles. The van der Waals surface area contributed by atoms with Crippen LogP contribution in [0.2, 0.25) is 0 Å². The molecule has 0 spiro atoms. The number of likely N-dealkylation sites (tertiary alicyclic amines) is 1. The number of hydrogen-bond donors (Lipinski definition) is 1. The van der Waals surface area contributed by atoms with E-state index in [0.717, 1.165) is 37.3 Å². The van der Waals surface area contributed by atoms with E-state index in [0.29, 0.717) is 6.54 Å². The van der Waals surface area contributed by atoms with Crippen molar-refractivity contribution < 1.29 is 4.79 Å². The van der Waals surface area contributed by atoms with Crippen LogP contribution in [0.4, 0.5) is 5.82 Å². The van der Waals surface area contributed by atoms with Crippen molar-refractivity contribution >= 4 is 11.7 Å². The lowest BCUT2D eigenvalue weighted by molar-refractivity contribution is -0.125. The van der Waals surface area contributed by atoms with Crippen LogP contribution in [0.15, 0.2) is 48.7 Å². The number of anilines is 1. The van der Waals surface area contributed by atoms with Crippen LogP contribution in [-0.2, 0) is 17.9 Å². The number of pyridine rings is 1. The molecule has 1 aliphatic rings. The van der Waals surface area contributed by atoms with Crippen LogP contribution < -0.4 is 10.2 Å². The predicted molar refractivity (Wildman–Crippen MR) is 100 cm³/mol. The van der Waals surface area contributed by atoms with Gasteiger partial charge >= 0.3 is 0 Å². The molecule has 2 aromatic rings. The van der Waals surface area contributed by atoms with E-state index < -0.39 is 0 Å². The van der Waals surface area contributed by atoms with Gasteiger partial charge in [0.2, 0.25) is 5.91 Å². The number of carbonyl (C=O) groups excluding carboxylic acids is 1. The molecule has 5 nitrogen and oxygen atoms in total. The second kappa shape index (κ2) is 8.12. The molecule has 2 heterocycles. The zero-order valence-electron chi connectivity index (χ0n) is 15.0. The van der Waals surface area contributed by atoms with Gasteiger partial charge in [0.05, 0.1) is 6.04 Å². The smallest absolute Gasteiger partial charge is 0.237 e. The van der Waals surface area contributed by atoms with Crippen molar-refractivity contribution in [3.8, 4) is 0 Å². The molecule has 1 atom stereocenters. The molecule has 1 aromatic carbocycles. The average Bonchev–Trinajstić information content (AvgIpc) is 3.09. The monoisotopic (exact) mass is 338 g/mol. The van der Waals surface area contributed by atoms with Gasteiger partial charge in [0.15, 0.2) is 0 Å². The highest BCUT2D eigenvalue weighted by molar-refractivity contribution is 5.82. The zero-order valence-corrected chi connectivity index (χ0v) is 15.0. The summed E-state index contributed by atoms with van der Waals surface area (Å²) in [4.78, 5) is 21.4. The number of benzene rings is 1. The van der Waals surface area contributed by atoms with Crippen molar-refractivity contribution in [1.29, 1.82) is 0 Å². The average molecular weight is 338 g/mol. The molecule has 0 saturated carbocycles. The van der Waals surface area contributed by atoms with E-state index in [1.807, 2.05) is 49.3 Å². The topological polar surface area (TPSA) is 48.5 Å². The number of nitrogens with one attached hydrogen (secondary N) is 1. The van der Waals surface area contributed by atoms with Crippen molar-refractivity contribution in [2.45, 2.75) is 32.0 Å². The van der Waals surface area contributed by atoms with Crippen LogP contribution in [-0.4, -0.2) is 42.5 Å². The number of carbonyl (C=O) groups is 1. The van der Waals surface area contributed by atoms with Crippen molar-refractivity contribution in [1.82, 2.24) is 15.2 Å². The van der Waals surface area contributed by atoms with Crippen molar-refractivity contribution in [2.75, 3.05) is 25.5 Å². The summed E-state index contributed by atoms with van der Waals surface area (Å²) in [5.41, 5.74) is 2.29. The highest BCUT2D eigenvalue weighted by Gasteiger charge is 2.30. The molecule has 132 valence electrons. The molecule has 1 fully saturated rings. The van der Waals surface area contributed by atoms with Gasteiger partial charge in [0.1, 0.15) is 5.82 Å². The fourth-order valence-electron chi connectivity index (χ4n) is 3.40. The lowest BCUT2D eigenvalue weighted by atomic mass is 10.1. The Bertz CT molecular complexity index is 702. The summed E-state index contributed by atoms with van der Waals surface area (Å²) in [5.74, 6) is 1.01. The summed E-state index contributed by atoms with van der Waals surface area (Å²) in [6.07, 6.45) is 3.77. The predicted octanol–water partition coefficient (Wildman–Crippen LogP) is 2.43. The molecule has 3 rings (SSSR count). The van der Waals surface area contributed by atoms with Crippen LogP contribution in [0.1, 0.15) is 24.0 Å². The molecular formula is C20H26N4O. The first-order chi connectivity index (χ1) is 12.1. The quantitative estimate of drug-likeness (QED) is 0.879. The molecular weight excluding hydrogens is 312 g/mol. The Labute approximate surface area is 149 Å². The van der Waals surface area contributed by atoms with Gasteiger partial charge in [-0.15, -0.1) is 0 Å². The third kappa shape index (κ3) is 4.37. The van der Waals surface area contributed by atoms with E-state index in [2.05, 4.69) is 27.3 Å².